The van der Waals surface area contributed by atoms with Gasteiger partial charge in [-0.05, 0) is 73.1 Å². The van der Waals surface area contributed by atoms with Crippen molar-refractivity contribution in [1.29, 1.82) is 0 Å². The number of nitrogens with one attached hydrogen (secondary N) is 1. The molecular weight excluding hydrogens is 534 g/mol. The average Bonchev–Trinajstić information content (AvgIpc) is 3.26. The van der Waals surface area contributed by atoms with Crippen molar-refractivity contribution in [3.05, 3.63) is 75.7 Å². The second kappa shape index (κ2) is 11.7. The lowest BCUT2D eigenvalue weighted by molar-refractivity contribution is 0.0216. The first-order valence-corrected chi connectivity index (χ1v) is 15.3. The third-order valence-corrected chi connectivity index (χ3v) is 10.8. The number of carboxylic acids is 1. The van der Waals surface area contributed by atoms with Gasteiger partial charge in [0.25, 0.3) is 10.0 Å². The molecule has 3 N–H and O–H groups in total. The molecule has 3 aromatic rings. The Hall–Kier alpha value is -2.88. The van der Waals surface area contributed by atoms with Gasteiger partial charge in [-0.2, -0.15) is 0 Å². The molecule has 0 radical (unpaired) electrons. The van der Waals surface area contributed by atoms with Gasteiger partial charge in [0.1, 0.15) is 16.6 Å². The molecule has 0 aliphatic carbocycles. The summed E-state index contributed by atoms with van der Waals surface area (Å²) in [4.78, 5) is 12.5. The van der Waals surface area contributed by atoms with Crippen LogP contribution in [0.1, 0.15) is 79.4 Å². The van der Waals surface area contributed by atoms with E-state index in [4.69, 9.17) is 4.74 Å². The molecule has 1 atom stereocenters. The van der Waals surface area contributed by atoms with Crippen LogP contribution in [0.2, 0.25) is 0 Å². The lowest BCUT2D eigenvalue weighted by atomic mass is 9.74. The van der Waals surface area contributed by atoms with Crippen LogP contribution in [-0.4, -0.2) is 37.3 Å². The van der Waals surface area contributed by atoms with Crippen LogP contribution in [0.5, 0.6) is 5.75 Å². The molecule has 0 fully saturated rings. The molecule has 1 aromatic heterocycles. The summed E-state index contributed by atoms with van der Waals surface area (Å²) in [6.45, 7) is 14.0. The molecule has 0 bridgehead atoms. The predicted octanol–water partition coefficient (Wildman–Crippen LogP) is 6.76. The Kier molecular flexibility index (Phi) is 9.20. The summed E-state index contributed by atoms with van der Waals surface area (Å²) in [5.74, 6) is -0.501. The first-order chi connectivity index (χ1) is 18.2. The zero-order chi connectivity index (χ0) is 29.2. The third-order valence-electron chi connectivity index (χ3n) is 7.32. The van der Waals surface area contributed by atoms with Crippen LogP contribution >= 0.6 is 11.3 Å². The van der Waals surface area contributed by atoms with Gasteiger partial charge in [0, 0.05) is 10.3 Å². The Bertz CT molecular complexity index is 1430. The number of aryl methyl sites for hydroxylation is 2. The molecule has 3 rings (SSSR count). The molecule has 212 valence electrons. The quantitative estimate of drug-likeness (QED) is 0.234. The average molecular weight is 574 g/mol. The number of carbonyl (C=O) groups is 1. The molecule has 39 heavy (non-hydrogen) atoms. The fraction of sp³-hybridized carbons (Fsp3) is 0.433. The Morgan fingerprint density at radius 2 is 1.67 bits per heavy atom. The van der Waals surface area contributed by atoms with E-state index in [2.05, 4.69) is 24.6 Å². The maximum absolute atomic E-state index is 13.4. The molecule has 0 amide bonds. The van der Waals surface area contributed by atoms with Gasteiger partial charge in [0.2, 0.25) is 0 Å². The van der Waals surface area contributed by atoms with Gasteiger partial charge in [-0.25, -0.2) is 13.2 Å². The number of aromatic carboxylic acids is 1. The predicted molar refractivity (Wildman–Crippen MR) is 157 cm³/mol. The molecule has 0 spiro atoms. The van der Waals surface area contributed by atoms with E-state index in [0.717, 1.165) is 28.8 Å². The second-order valence-electron chi connectivity index (χ2n) is 11.0. The minimum absolute atomic E-state index is 0.0272. The molecule has 1 heterocycles. The molecule has 0 aliphatic heterocycles. The lowest BCUT2D eigenvalue weighted by Gasteiger charge is -2.32. The van der Waals surface area contributed by atoms with Crippen molar-refractivity contribution < 1.29 is 28.2 Å². The van der Waals surface area contributed by atoms with Crippen LogP contribution in [0.15, 0.2) is 52.7 Å². The zero-order valence-corrected chi connectivity index (χ0v) is 25.3. The molecule has 0 aliphatic rings. The molecule has 2 aromatic carbocycles. The number of para-hydroxylation sites is 1. The van der Waals surface area contributed by atoms with Crippen molar-refractivity contribution in [2.24, 2.45) is 5.41 Å². The maximum atomic E-state index is 13.4. The number of benzene rings is 2. The van der Waals surface area contributed by atoms with Gasteiger partial charge in [-0.1, -0.05) is 58.9 Å². The van der Waals surface area contributed by atoms with E-state index in [1.165, 1.54) is 23.5 Å². The number of hydrogen-bond acceptors (Lipinski definition) is 6. The summed E-state index contributed by atoms with van der Waals surface area (Å²) < 4.78 is 35.4. The van der Waals surface area contributed by atoms with Gasteiger partial charge in [0.15, 0.2) is 0 Å². The SMILES string of the molecule is CCC(CC)(c1ccc(OCC(O)C(C)(C)C)c(C)c1)c1cc(C)c(S(=O)(=O)Nc2ccccc2C(=O)O)s1. The number of aliphatic hydroxyl groups is 1. The highest BCUT2D eigenvalue weighted by Gasteiger charge is 2.35. The number of thiophene rings is 1. The molecule has 0 saturated carbocycles. The van der Waals surface area contributed by atoms with E-state index in [0.29, 0.717) is 11.3 Å². The first kappa shape index (κ1) is 30.7. The maximum Gasteiger partial charge on any atom is 0.337 e. The van der Waals surface area contributed by atoms with Gasteiger partial charge in [-0.3, -0.25) is 4.72 Å². The second-order valence-corrected chi connectivity index (χ2v) is 13.9. The van der Waals surface area contributed by atoms with Gasteiger partial charge in [-0.15, -0.1) is 11.3 Å². The van der Waals surface area contributed by atoms with Crippen molar-refractivity contribution in [1.82, 2.24) is 0 Å². The number of ether oxygens (including phenoxy) is 1. The molecule has 1 unspecified atom stereocenters. The molecule has 0 saturated heterocycles. The van der Waals surface area contributed by atoms with Crippen molar-refractivity contribution in [3.63, 3.8) is 0 Å². The topological polar surface area (TPSA) is 113 Å². The summed E-state index contributed by atoms with van der Waals surface area (Å²) in [7, 11) is -4.02. The lowest BCUT2D eigenvalue weighted by Crippen LogP contribution is -2.32. The summed E-state index contributed by atoms with van der Waals surface area (Å²) >= 11 is 1.22. The van der Waals surface area contributed by atoms with Crippen molar-refractivity contribution in [2.75, 3.05) is 11.3 Å². The molecular formula is C30H39NO6S2. The fourth-order valence-electron chi connectivity index (χ4n) is 4.59. The monoisotopic (exact) mass is 573 g/mol. The summed E-state index contributed by atoms with van der Waals surface area (Å²) in [6.07, 6.45) is 0.897. The van der Waals surface area contributed by atoms with Gasteiger partial charge >= 0.3 is 5.97 Å². The number of hydrogen-bond donors (Lipinski definition) is 3. The smallest absolute Gasteiger partial charge is 0.337 e. The van der Waals surface area contributed by atoms with Crippen LogP contribution in [-0.2, 0) is 15.4 Å². The van der Waals surface area contributed by atoms with Crippen LogP contribution < -0.4 is 9.46 Å². The Morgan fingerprint density at radius 1 is 1.03 bits per heavy atom. The van der Waals surface area contributed by atoms with Crippen LogP contribution in [0, 0.1) is 19.3 Å². The number of aliphatic hydroxyl groups excluding tert-OH is 1. The Labute approximate surface area is 235 Å². The number of anilines is 1. The standard InChI is InChI=1S/C30H39NO6S2/c1-8-30(9-2,21-14-15-24(19(3)16-21)37-18-25(32)29(5,6)7)26-17-20(4)28(38-26)39(35,36)31-23-13-11-10-12-22(23)27(33)34/h10-17,25,31-32H,8-9,18H2,1-7H3,(H,33,34). The highest BCUT2D eigenvalue weighted by atomic mass is 32.2. The minimum Gasteiger partial charge on any atom is -0.491 e. The van der Waals surface area contributed by atoms with E-state index in [-0.39, 0.29) is 27.5 Å². The van der Waals surface area contributed by atoms with E-state index in [9.17, 15) is 23.4 Å². The van der Waals surface area contributed by atoms with Crippen molar-refractivity contribution in [3.8, 4) is 5.75 Å². The normalized spacial score (nSPS) is 13.2. The fourth-order valence-corrected chi connectivity index (χ4v) is 7.73. The first-order valence-electron chi connectivity index (χ1n) is 13.0. The molecule has 7 nitrogen and oxygen atoms in total. The van der Waals surface area contributed by atoms with Gasteiger partial charge in [0.05, 0.1) is 17.4 Å². The van der Waals surface area contributed by atoms with Crippen LogP contribution in [0.4, 0.5) is 5.69 Å². The van der Waals surface area contributed by atoms with E-state index in [1.54, 1.807) is 19.1 Å². The van der Waals surface area contributed by atoms with Crippen LogP contribution in [0.25, 0.3) is 0 Å². The van der Waals surface area contributed by atoms with Crippen molar-refractivity contribution in [2.45, 2.75) is 77.0 Å². The molecule has 9 heteroatoms. The summed E-state index contributed by atoms with van der Waals surface area (Å²) in [5, 5.41) is 19.8. The van der Waals surface area contributed by atoms with Crippen molar-refractivity contribution >= 4 is 33.0 Å². The van der Waals surface area contributed by atoms with Gasteiger partial charge < -0.3 is 14.9 Å². The zero-order valence-electron chi connectivity index (χ0n) is 23.7. The van der Waals surface area contributed by atoms with Crippen LogP contribution in [0.3, 0.4) is 0 Å². The largest absolute Gasteiger partial charge is 0.491 e. The minimum atomic E-state index is -4.02. The van der Waals surface area contributed by atoms with E-state index < -0.39 is 27.5 Å². The Morgan fingerprint density at radius 3 is 2.23 bits per heavy atom. The van der Waals surface area contributed by atoms with E-state index in [1.807, 2.05) is 45.9 Å². The highest BCUT2D eigenvalue weighted by molar-refractivity contribution is 7.94. The highest BCUT2D eigenvalue weighted by Crippen LogP contribution is 2.45. The summed E-state index contributed by atoms with van der Waals surface area (Å²) in [5.41, 5.74) is 1.81. The number of sulfonamides is 1. The number of carboxylic acid groups (broad SMARTS) is 1. The third kappa shape index (κ3) is 6.48. The summed E-state index contributed by atoms with van der Waals surface area (Å²) in [6, 6.07) is 13.9. The van der Waals surface area contributed by atoms with E-state index >= 15 is 0 Å². The Balaban J connectivity index is 1.97. The number of rotatable bonds is 11.